The normalized spacial score (nSPS) is 22.6. The molecule has 8 heteroatoms. The standard InChI is InChI=1S/C25H33ClN2O5/c26-22-2-1-3-24(16-22)33-20-25(29)18-28(10-14-31-19-25)17-21-4-6-23(7-5-21)32-15-11-27-8-12-30-13-9-27/h1-7,16,29H,8-15,17-20H2/t25-/m0/s1. The van der Waals surface area contributed by atoms with Gasteiger partial charge in [0.1, 0.15) is 30.3 Å². The zero-order valence-electron chi connectivity index (χ0n) is 19.0. The van der Waals surface area contributed by atoms with E-state index in [2.05, 4.69) is 21.9 Å². The van der Waals surface area contributed by atoms with Crippen molar-refractivity contribution in [2.75, 3.05) is 72.4 Å². The number of rotatable bonds is 9. The molecule has 180 valence electrons. The van der Waals surface area contributed by atoms with Crippen LogP contribution in [-0.2, 0) is 16.0 Å². The van der Waals surface area contributed by atoms with Gasteiger partial charge in [0.05, 0.1) is 26.4 Å². The maximum absolute atomic E-state index is 11.1. The fraction of sp³-hybridized carbons (Fsp3) is 0.520. The molecule has 2 aliphatic heterocycles. The first kappa shape index (κ1) is 24.3. The molecule has 2 fully saturated rings. The molecular formula is C25H33ClN2O5. The van der Waals surface area contributed by atoms with Gasteiger partial charge in [0.2, 0.25) is 0 Å². The van der Waals surface area contributed by atoms with Gasteiger partial charge in [-0.05, 0) is 35.9 Å². The summed E-state index contributed by atoms with van der Waals surface area (Å²) in [4.78, 5) is 4.55. The molecule has 0 aromatic heterocycles. The number of β-amino-alcohol motifs (C(OH)–C–C–N with tert-alkyl or cyclic N) is 1. The molecule has 0 spiro atoms. The van der Waals surface area contributed by atoms with Crippen LogP contribution in [0, 0.1) is 0 Å². The van der Waals surface area contributed by atoms with Gasteiger partial charge >= 0.3 is 0 Å². The summed E-state index contributed by atoms with van der Waals surface area (Å²) in [6, 6.07) is 15.4. The van der Waals surface area contributed by atoms with Crippen LogP contribution in [0.25, 0.3) is 0 Å². The molecule has 2 aliphatic rings. The first-order chi connectivity index (χ1) is 16.1. The minimum Gasteiger partial charge on any atom is -0.492 e. The van der Waals surface area contributed by atoms with Crippen LogP contribution in [0.1, 0.15) is 5.56 Å². The maximum Gasteiger partial charge on any atom is 0.134 e. The second-order valence-electron chi connectivity index (χ2n) is 8.68. The van der Waals surface area contributed by atoms with Crippen molar-refractivity contribution in [3.8, 4) is 11.5 Å². The lowest BCUT2D eigenvalue weighted by Crippen LogP contribution is -2.48. The molecule has 2 saturated heterocycles. The second-order valence-corrected chi connectivity index (χ2v) is 9.12. The van der Waals surface area contributed by atoms with Gasteiger partial charge in [-0.1, -0.05) is 29.8 Å². The number of halogens is 1. The zero-order chi connectivity index (χ0) is 22.9. The van der Waals surface area contributed by atoms with Crippen molar-refractivity contribution < 1.29 is 24.1 Å². The van der Waals surface area contributed by atoms with Crippen molar-refractivity contribution in [1.29, 1.82) is 0 Å². The van der Waals surface area contributed by atoms with Crippen LogP contribution in [0.15, 0.2) is 48.5 Å². The van der Waals surface area contributed by atoms with E-state index in [1.54, 1.807) is 12.1 Å². The first-order valence-corrected chi connectivity index (χ1v) is 11.9. The van der Waals surface area contributed by atoms with E-state index >= 15 is 0 Å². The molecule has 2 aromatic rings. The van der Waals surface area contributed by atoms with Crippen LogP contribution in [0.5, 0.6) is 11.5 Å². The Morgan fingerprint density at radius 2 is 1.67 bits per heavy atom. The number of morpholine rings is 1. The highest BCUT2D eigenvalue weighted by Crippen LogP contribution is 2.21. The second kappa shape index (κ2) is 12.0. The van der Waals surface area contributed by atoms with E-state index in [0.717, 1.165) is 57.3 Å². The molecule has 1 atom stereocenters. The number of hydrogen-bond donors (Lipinski definition) is 1. The Balaban J connectivity index is 1.25. The van der Waals surface area contributed by atoms with E-state index in [4.69, 9.17) is 30.5 Å². The molecule has 0 bridgehead atoms. The molecule has 1 N–H and O–H groups in total. The Hall–Kier alpha value is -1.87. The van der Waals surface area contributed by atoms with Gasteiger partial charge in [0.15, 0.2) is 0 Å². The van der Waals surface area contributed by atoms with Crippen LogP contribution >= 0.6 is 11.6 Å². The van der Waals surface area contributed by atoms with Gasteiger partial charge in [-0.2, -0.15) is 0 Å². The maximum atomic E-state index is 11.1. The van der Waals surface area contributed by atoms with E-state index in [-0.39, 0.29) is 13.2 Å². The fourth-order valence-corrected chi connectivity index (χ4v) is 4.24. The smallest absolute Gasteiger partial charge is 0.134 e. The molecule has 0 amide bonds. The monoisotopic (exact) mass is 476 g/mol. The molecule has 2 aromatic carbocycles. The summed E-state index contributed by atoms with van der Waals surface area (Å²) in [6.07, 6.45) is 0. The predicted molar refractivity (Wildman–Crippen MR) is 127 cm³/mol. The molecule has 7 nitrogen and oxygen atoms in total. The van der Waals surface area contributed by atoms with Crippen molar-refractivity contribution in [1.82, 2.24) is 9.80 Å². The van der Waals surface area contributed by atoms with Crippen LogP contribution < -0.4 is 9.47 Å². The number of aliphatic hydroxyl groups is 1. The van der Waals surface area contributed by atoms with Gasteiger partial charge in [-0.25, -0.2) is 0 Å². The van der Waals surface area contributed by atoms with Crippen LogP contribution in [0.4, 0.5) is 0 Å². The topological polar surface area (TPSA) is 63.6 Å². The number of benzene rings is 2. The SMILES string of the molecule is O[C@]1(COc2cccc(Cl)c2)COCCN(Cc2ccc(OCCN3CCOCC3)cc2)C1. The average Bonchev–Trinajstić information content (AvgIpc) is 3.01. The number of hydrogen-bond acceptors (Lipinski definition) is 7. The Labute approximate surface area is 200 Å². The van der Waals surface area contributed by atoms with Gasteiger partial charge in [0.25, 0.3) is 0 Å². The van der Waals surface area contributed by atoms with Crippen molar-refractivity contribution >= 4 is 11.6 Å². The van der Waals surface area contributed by atoms with E-state index in [1.807, 2.05) is 24.3 Å². The van der Waals surface area contributed by atoms with E-state index in [1.165, 1.54) is 0 Å². The summed E-state index contributed by atoms with van der Waals surface area (Å²) in [7, 11) is 0. The Morgan fingerprint density at radius 3 is 2.45 bits per heavy atom. The van der Waals surface area contributed by atoms with E-state index < -0.39 is 5.60 Å². The minimum absolute atomic E-state index is 0.139. The predicted octanol–water partition coefficient (Wildman–Crippen LogP) is 2.69. The molecule has 0 aliphatic carbocycles. The lowest BCUT2D eigenvalue weighted by atomic mass is 10.1. The fourth-order valence-electron chi connectivity index (χ4n) is 4.06. The average molecular weight is 477 g/mol. The molecule has 2 heterocycles. The number of nitrogens with zero attached hydrogens (tertiary/aromatic N) is 2. The third kappa shape index (κ3) is 7.84. The summed E-state index contributed by atoms with van der Waals surface area (Å²) in [5.41, 5.74) is 0.0667. The van der Waals surface area contributed by atoms with Crippen molar-refractivity contribution in [3.63, 3.8) is 0 Å². The Kier molecular flexibility index (Phi) is 8.83. The molecule has 0 saturated carbocycles. The summed E-state index contributed by atoms with van der Waals surface area (Å²) in [6.45, 7) is 8.01. The van der Waals surface area contributed by atoms with E-state index in [0.29, 0.717) is 30.5 Å². The molecule has 33 heavy (non-hydrogen) atoms. The zero-order valence-corrected chi connectivity index (χ0v) is 19.7. The molecular weight excluding hydrogens is 444 g/mol. The lowest BCUT2D eigenvalue weighted by Gasteiger charge is -2.30. The van der Waals surface area contributed by atoms with Crippen LogP contribution in [0.2, 0.25) is 5.02 Å². The summed E-state index contributed by atoms with van der Waals surface area (Å²) in [5, 5.41) is 11.7. The van der Waals surface area contributed by atoms with Gasteiger partial charge in [0, 0.05) is 44.3 Å². The Bertz CT molecular complexity index is 862. The minimum atomic E-state index is -1.10. The number of ether oxygens (including phenoxy) is 4. The quantitative estimate of drug-likeness (QED) is 0.597. The van der Waals surface area contributed by atoms with Crippen LogP contribution in [0.3, 0.4) is 0 Å². The highest BCUT2D eigenvalue weighted by atomic mass is 35.5. The Morgan fingerprint density at radius 1 is 0.909 bits per heavy atom. The third-order valence-electron chi connectivity index (χ3n) is 5.85. The van der Waals surface area contributed by atoms with Crippen LogP contribution in [-0.4, -0.2) is 92.9 Å². The van der Waals surface area contributed by atoms with Crippen molar-refractivity contribution in [3.05, 3.63) is 59.1 Å². The summed E-state index contributed by atoms with van der Waals surface area (Å²) in [5.74, 6) is 1.51. The van der Waals surface area contributed by atoms with Gasteiger partial charge in [-0.15, -0.1) is 0 Å². The van der Waals surface area contributed by atoms with Gasteiger partial charge in [-0.3, -0.25) is 9.80 Å². The van der Waals surface area contributed by atoms with Crippen molar-refractivity contribution in [2.45, 2.75) is 12.1 Å². The molecule has 0 unspecified atom stereocenters. The highest BCUT2D eigenvalue weighted by molar-refractivity contribution is 6.30. The lowest BCUT2D eigenvalue weighted by molar-refractivity contribution is -0.0646. The van der Waals surface area contributed by atoms with E-state index in [9.17, 15) is 5.11 Å². The molecule has 0 radical (unpaired) electrons. The first-order valence-electron chi connectivity index (χ1n) is 11.5. The highest BCUT2D eigenvalue weighted by Gasteiger charge is 2.33. The largest absolute Gasteiger partial charge is 0.492 e. The van der Waals surface area contributed by atoms with Gasteiger partial charge < -0.3 is 24.1 Å². The molecule has 4 rings (SSSR count). The van der Waals surface area contributed by atoms with Crippen molar-refractivity contribution in [2.24, 2.45) is 0 Å². The third-order valence-corrected chi connectivity index (χ3v) is 6.09. The summed E-state index contributed by atoms with van der Waals surface area (Å²) < 4.78 is 22.8. The summed E-state index contributed by atoms with van der Waals surface area (Å²) >= 11 is 6.02.